The number of tetrazole rings is 1. The van der Waals surface area contributed by atoms with E-state index in [1.54, 1.807) is 55.8 Å². The Morgan fingerprint density at radius 2 is 1.58 bits per heavy atom. The molecule has 268 valence electrons. The molecule has 0 atom stereocenters. The number of fused-ring (bicyclic) bond motifs is 1. The summed E-state index contributed by atoms with van der Waals surface area (Å²) < 4.78 is 44.2. The number of hydrogen-bond acceptors (Lipinski definition) is 11. The number of carbonyl (C=O) groups is 1. The SMILES string of the molecule is COc1cc(Nc2cc(Oc3ccc(NC(=O)Nc4cc(C(C)(C)C)cc(NS(C)(=O)=O)c4OC)c4ccccc34)ccn2)ccc1-c1nn[nH]n1. The van der Waals surface area contributed by atoms with Crippen LogP contribution >= 0.6 is 0 Å². The van der Waals surface area contributed by atoms with Crippen molar-refractivity contribution < 1.29 is 27.4 Å². The number of hydrogen-bond donors (Lipinski definition) is 5. The van der Waals surface area contributed by atoms with Gasteiger partial charge in [0, 0.05) is 34.8 Å². The Hall–Kier alpha value is -6.42. The predicted octanol–water partition coefficient (Wildman–Crippen LogP) is 7.28. The lowest BCUT2D eigenvalue weighted by Crippen LogP contribution is -2.22. The standard InChI is InChI=1S/C36H37N9O6S/c1-36(2,3)21-17-28(33(50-5)29(18-21)43-52(6,47)48)40-35(46)39-27-13-14-30(25-10-8-7-9-24(25)27)51-23-15-16-37-32(20-23)38-22-11-12-26(31(19-22)49-4)34-41-44-45-42-34/h7-20,43H,1-6H3,(H,37,38)(H2,39,40,46)(H,41,42,44,45). The van der Waals surface area contributed by atoms with E-state index in [1.807, 2.05) is 57.2 Å². The van der Waals surface area contributed by atoms with Crippen LogP contribution in [0.25, 0.3) is 22.2 Å². The van der Waals surface area contributed by atoms with Gasteiger partial charge in [0.05, 0.1) is 43.1 Å². The maximum atomic E-state index is 13.5. The number of aromatic amines is 1. The Balaban J connectivity index is 1.22. The monoisotopic (exact) mass is 723 g/mol. The zero-order valence-corrected chi connectivity index (χ0v) is 30.0. The van der Waals surface area contributed by atoms with Crippen LogP contribution in [0.5, 0.6) is 23.0 Å². The van der Waals surface area contributed by atoms with Crippen molar-refractivity contribution in [2.24, 2.45) is 0 Å². The van der Waals surface area contributed by atoms with Crippen LogP contribution < -0.4 is 34.9 Å². The molecule has 0 aliphatic heterocycles. The Morgan fingerprint density at radius 3 is 2.27 bits per heavy atom. The van der Waals surface area contributed by atoms with E-state index < -0.39 is 16.1 Å². The minimum atomic E-state index is -3.63. The van der Waals surface area contributed by atoms with Gasteiger partial charge in [-0.05, 0) is 58.7 Å². The number of pyridine rings is 1. The van der Waals surface area contributed by atoms with Crippen LogP contribution in [0.15, 0.2) is 85.1 Å². The number of benzene rings is 4. The summed E-state index contributed by atoms with van der Waals surface area (Å²) in [6, 6.07) is 22.9. The summed E-state index contributed by atoms with van der Waals surface area (Å²) >= 11 is 0. The summed E-state index contributed by atoms with van der Waals surface area (Å²) in [5, 5.41) is 24.6. The highest BCUT2D eigenvalue weighted by atomic mass is 32.2. The fraction of sp³-hybridized carbons (Fsp3) is 0.194. The number of carbonyl (C=O) groups excluding carboxylic acids is 1. The van der Waals surface area contributed by atoms with Crippen LogP contribution in [-0.4, -0.2) is 60.5 Å². The first-order chi connectivity index (χ1) is 24.8. The molecule has 2 aromatic heterocycles. The minimum absolute atomic E-state index is 0.174. The molecule has 0 fully saturated rings. The first-order valence-corrected chi connectivity index (χ1v) is 17.8. The summed E-state index contributed by atoms with van der Waals surface area (Å²) in [6.07, 6.45) is 2.68. The molecular weight excluding hydrogens is 687 g/mol. The number of nitrogens with zero attached hydrogens (tertiary/aromatic N) is 4. The highest BCUT2D eigenvalue weighted by Gasteiger charge is 2.23. The first kappa shape index (κ1) is 35.4. The molecule has 0 spiro atoms. The fourth-order valence-corrected chi connectivity index (χ4v) is 5.99. The third kappa shape index (κ3) is 8.13. The maximum Gasteiger partial charge on any atom is 0.323 e. The van der Waals surface area contributed by atoms with Gasteiger partial charge in [-0.2, -0.15) is 5.21 Å². The van der Waals surface area contributed by atoms with Crippen molar-refractivity contribution in [2.45, 2.75) is 26.2 Å². The summed E-state index contributed by atoms with van der Waals surface area (Å²) in [6.45, 7) is 5.95. The van der Waals surface area contributed by atoms with Gasteiger partial charge >= 0.3 is 6.03 Å². The average molecular weight is 724 g/mol. The molecule has 6 rings (SSSR count). The zero-order valence-electron chi connectivity index (χ0n) is 29.2. The molecule has 0 saturated carbocycles. The maximum absolute atomic E-state index is 13.5. The number of ether oxygens (including phenoxy) is 3. The number of methoxy groups -OCH3 is 2. The van der Waals surface area contributed by atoms with Gasteiger partial charge in [0.25, 0.3) is 0 Å². The Bertz CT molecular complexity index is 2360. The highest BCUT2D eigenvalue weighted by Crippen LogP contribution is 2.40. The number of amides is 2. The lowest BCUT2D eigenvalue weighted by molar-refractivity contribution is 0.262. The van der Waals surface area contributed by atoms with Crippen LogP contribution in [0, 0.1) is 0 Å². The molecular formula is C36H37N9O6S. The van der Waals surface area contributed by atoms with E-state index in [-0.39, 0.29) is 16.9 Å². The van der Waals surface area contributed by atoms with Crippen molar-refractivity contribution in [3.63, 3.8) is 0 Å². The average Bonchev–Trinajstić information content (AvgIpc) is 3.63. The van der Waals surface area contributed by atoms with Crippen molar-refractivity contribution in [1.82, 2.24) is 25.6 Å². The van der Waals surface area contributed by atoms with Crippen molar-refractivity contribution >= 4 is 55.4 Å². The van der Waals surface area contributed by atoms with Crippen molar-refractivity contribution in [1.29, 1.82) is 0 Å². The normalized spacial score (nSPS) is 11.5. The number of rotatable bonds is 11. The van der Waals surface area contributed by atoms with Gasteiger partial charge in [-0.25, -0.2) is 18.2 Å². The van der Waals surface area contributed by atoms with Crippen molar-refractivity contribution in [2.75, 3.05) is 41.1 Å². The molecule has 4 aromatic carbocycles. The molecule has 2 heterocycles. The molecule has 0 unspecified atom stereocenters. The topological polar surface area (TPSA) is 194 Å². The second-order valence-electron chi connectivity index (χ2n) is 12.7. The molecule has 0 saturated heterocycles. The van der Waals surface area contributed by atoms with E-state index in [1.165, 1.54) is 7.11 Å². The van der Waals surface area contributed by atoms with Gasteiger partial charge in [-0.3, -0.25) is 4.72 Å². The lowest BCUT2D eigenvalue weighted by Gasteiger charge is -2.24. The van der Waals surface area contributed by atoms with E-state index in [9.17, 15) is 13.2 Å². The molecule has 2 amide bonds. The molecule has 6 aromatic rings. The minimum Gasteiger partial charge on any atom is -0.496 e. The van der Waals surface area contributed by atoms with E-state index >= 15 is 0 Å². The molecule has 15 nitrogen and oxygen atoms in total. The quantitative estimate of drug-likeness (QED) is 0.0901. The first-order valence-electron chi connectivity index (χ1n) is 15.9. The second-order valence-corrected chi connectivity index (χ2v) is 14.5. The van der Waals surface area contributed by atoms with Crippen LogP contribution in [0.3, 0.4) is 0 Å². The number of aromatic nitrogens is 5. The van der Waals surface area contributed by atoms with Crippen molar-refractivity contribution in [3.05, 3.63) is 90.6 Å². The van der Waals surface area contributed by atoms with Gasteiger partial charge in [0.15, 0.2) is 5.75 Å². The molecule has 0 aliphatic rings. The Labute approximate surface area is 300 Å². The Kier molecular flexibility index (Phi) is 9.83. The van der Waals surface area contributed by atoms with Crippen molar-refractivity contribution in [3.8, 4) is 34.4 Å². The summed E-state index contributed by atoms with van der Waals surface area (Å²) in [4.78, 5) is 17.9. The van der Waals surface area contributed by atoms with E-state index in [0.717, 1.165) is 28.3 Å². The predicted molar refractivity (Wildman–Crippen MR) is 201 cm³/mol. The van der Waals surface area contributed by atoms with Gasteiger partial charge in [0.2, 0.25) is 15.8 Å². The van der Waals surface area contributed by atoms with Crippen LogP contribution in [0.1, 0.15) is 26.3 Å². The van der Waals surface area contributed by atoms with E-state index in [0.29, 0.717) is 45.8 Å². The zero-order chi connectivity index (χ0) is 37.0. The fourth-order valence-electron chi connectivity index (χ4n) is 5.44. The molecule has 0 aliphatic carbocycles. The number of anilines is 5. The smallest absolute Gasteiger partial charge is 0.323 e. The van der Waals surface area contributed by atoms with Gasteiger partial charge < -0.3 is 30.2 Å². The number of sulfonamides is 1. The van der Waals surface area contributed by atoms with Crippen LogP contribution in [0.4, 0.5) is 33.4 Å². The second kappa shape index (κ2) is 14.4. The van der Waals surface area contributed by atoms with Gasteiger partial charge in [0.1, 0.15) is 23.1 Å². The molecule has 0 radical (unpaired) electrons. The van der Waals surface area contributed by atoms with E-state index in [4.69, 9.17) is 14.2 Å². The largest absolute Gasteiger partial charge is 0.496 e. The number of urea groups is 1. The number of nitrogens with one attached hydrogen (secondary N) is 5. The molecule has 16 heteroatoms. The third-order valence-electron chi connectivity index (χ3n) is 7.85. The number of H-pyrrole nitrogens is 1. The summed E-state index contributed by atoms with van der Waals surface area (Å²) in [5.74, 6) is 2.76. The van der Waals surface area contributed by atoms with E-state index in [2.05, 4.69) is 46.3 Å². The molecule has 5 N–H and O–H groups in total. The van der Waals surface area contributed by atoms with Crippen LogP contribution in [0.2, 0.25) is 0 Å². The van der Waals surface area contributed by atoms with Gasteiger partial charge in [-0.15, -0.1) is 10.2 Å². The molecule has 52 heavy (non-hydrogen) atoms. The summed E-state index contributed by atoms with van der Waals surface area (Å²) in [5.41, 5.74) is 2.86. The summed E-state index contributed by atoms with van der Waals surface area (Å²) in [7, 11) is -0.664. The lowest BCUT2D eigenvalue weighted by atomic mass is 9.86. The third-order valence-corrected chi connectivity index (χ3v) is 8.44. The van der Waals surface area contributed by atoms with Crippen LogP contribution in [-0.2, 0) is 15.4 Å². The Morgan fingerprint density at radius 1 is 0.827 bits per heavy atom. The van der Waals surface area contributed by atoms with Gasteiger partial charge in [-0.1, -0.05) is 45.0 Å². The highest BCUT2D eigenvalue weighted by molar-refractivity contribution is 7.92. The molecule has 0 bridgehead atoms.